The van der Waals surface area contributed by atoms with E-state index in [2.05, 4.69) is 15.5 Å². The number of halogens is 1. The first-order valence-electron chi connectivity index (χ1n) is 9.33. The quantitative estimate of drug-likeness (QED) is 0.643. The molecule has 1 N–H and O–H groups in total. The molecule has 2 aromatic carbocycles. The second kappa shape index (κ2) is 8.17. The lowest BCUT2D eigenvalue weighted by Gasteiger charge is -2.22. The molecular formula is C20H19ClN4O4S. The van der Waals surface area contributed by atoms with Crippen molar-refractivity contribution in [1.82, 2.24) is 14.5 Å². The number of nitrogens with zero attached hydrogens (tertiary/aromatic N) is 3. The number of hydrogen-bond donors (Lipinski definition) is 1. The van der Waals surface area contributed by atoms with Crippen LogP contribution in [0.4, 0.5) is 6.01 Å². The van der Waals surface area contributed by atoms with E-state index in [1.165, 1.54) is 4.31 Å². The molecule has 1 aliphatic heterocycles. The van der Waals surface area contributed by atoms with Gasteiger partial charge in [-0.25, -0.2) is 8.42 Å². The van der Waals surface area contributed by atoms with E-state index in [0.29, 0.717) is 23.4 Å². The summed E-state index contributed by atoms with van der Waals surface area (Å²) < 4.78 is 32.7. The Kier molecular flexibility index (Phi) is 5.59. The number of hydrogen-bond acceptors (Lipinski definition) is 6. The molecule has 1 aromatic heterocycles. The highest BCUT2D eigenvalue weighted by Crippen LogP contribution is 2.28. The van der Waals surface area contributed by atoms with E-state index < -0.39 is 22.0 Å². The molecule has 3 aromatic rings. The van der Waals surface area contributed by atoms with Gasteiger partial charge in [-0.15, -0.1) is 5.10 Å². The van der Waals surface area contributed by atoms with Crippen LogP contribution in [-0.2, 0) is 14.8 Å². The minimum atomic E-state index is -3.79. The lowest BCUT2D eigenvalue weighted by molar-refractivity contribution is -0.119. The van der Waals surface area contributed by atoms with E-state index in [4.69, 9.17) is 16.0 Å². The van der Waals surface area contributed by atoms with Crippen molar-refractivity contribution in [3.63, 3.8) is 0 Å². The molecule has 10 heteroatoms. The molecule has 1 aliphatic rings. The van der Waals surface area contributed by atoms with Gasteiger partial charge in [0.15, 0.2) is 0 Å². The Morgan fingerprint density at radius 2 is 1.97 bits per heavy atom. The molecule has 0 aliphatic carbocycles. The van der Waals surface area contributed by atoms with Gasteiger partial charge in [0.25, 0.3) is 0 Å². The molecule has 1 unspecified atom stereocenters. The van der Waals surface area contributed by atoms with Gasteiger partial charge >= 0.3 is 6.01 Å². The number of rotatable bonds is 5. The number of carbonyl (C=O) groups is 1. The van der Waals surface area contributed by atoms with Crippen LogP contribution in [0.15, 0.2) is 57.8 Å². The molecule has 8 nitrogen and oxygen atoms in total. The van der Waals surface area contributed by atoms with Crippen molar-refractivity contribution in [2.24, 2.45) is 0 Å². The third-order valence-electron chi connectivity index (χ3n) is 4.86. The van der Waals surface area contributed by atoms with Crippen LogP contribution in [-0.4, -0.2) is 41.4 Å². The lowest BCUT2D eigenvalue weighted by atomic mass is 10.2. The normalized spacial score (nSPS) is 17.2. The average Bonchev–Trinajstić information content (AvgIpc) is 3.38. The van der Waals surface area contributed by atoms with E-state index in [0.717, 1.165) is 5.56 Å². The van der Waals surface area contributed by atoms with Gasteiger partial charge in [0.2, 0.25) is 21.8 Å². The molecule has 0 radical (unpaired) electrons. The van der Waals surface area contributed by atoms with Crippen molar-refractivity contribution < 1.29 is 17.6 Å². The lowest BCUT2D eigenvalue weighted by Crippen LogP contribution is -2.43. The zero-order valence-corrected chi connectivity index (χ0v) is 17.7. The number of anilines is 1. The minimum absolute atomic E-state index is 0.102. The summed E-state index contributed by atoms with van der Waals surface area (Å²) in [6.45, 7) is 2.15. The highest BCUT2D eigenvalue weighted by Gasteiger charge is 2.39. The first-order valence-corrected chi connectivity index (χ1v) is 11.2. The fourth-order valence-corrected chi connectivity index (χ4v) is 5.18. The molecule has 156 valence electrons. The number of sulfonamides is 1. The zero-order valence-electron chi connectivity index (χ0n) is 16.1. The smallest absolute Gasteiger partial charge is 0.322 e. The Morgan fingerprint density at radius 1 is 1.20 bits per heavy atom. The van der Waals surface area contributed by atoms with E-state index in [-0.39, 0.29) is 23.3 Å². The minimum Gasteiger partial charge on any atom is -0.403 e. The Balaban J connectivity index is 1.51. The number of nitrogens with one attached hydrogen (secondary N) is 1. The van der Waals surface area contributed by atoms with Gasteiger partial charge in [-0.2, -0.15) is 4.31 Å². The number of amides is 1. The van der Waals surface area contributed by atoms with Crippen LogP contribution >= 0.6 is 11.6 Å². The van der Waals surface area contributed by atoms with Crippen molar-refractivity contribution in [1.29, 1.82) is 0 Å². The maximum atomic E-state index is 13.0. The van der Waals surface area contributed by atoms with Crippen LogP contribution in [0.1, 0.15) is 18.4 Å². The number of benzene rings is 2. The fourth-order valence-electron chi connectivity index (χ4n) is 3.34. The topological polar surface area (TPSA) is 105 Å². The SMILES string of the molecule is Cc1ccc(S(=O)(=O)N2CCCC2C(=O)Nc2nnc(-c3cccc(Cl)c3)o2)cc1. The standard InChI is InChI=1S/C20H19ClN4O4S/c1-13-7-9-16(10-8-13)30(27,28)25-11-3-6-17(25)18(26)22-20-24-23-19(29-20)14-4-2-5-15(21)12-14/h2,4-5,7-10,12,17H,3,6,11H2,1H3,(H,22,24,26). The second-order valence-corrected chi connectivity index (χ2v) is 9.33. The van der Waals surface area contributed by atoms with Gasteiger partial charge in [-0.1, -0.05) is 40.5 Å². The summed E-state index contributed by atoms with van der Waals surface area (Å²) in [5.41, 5.74) is 1.57. The van der Waals surface area contributed by atoms with Gasteiger partial charge < -0.3 is 4.42 Å². The van der Waals surface area contributed by atoms with Crippen molar-refractivity contribution >= 4 is 33.5 Å². The maximum absolute atomic E-state index is 13.0. The van der Waals surface area contributed by atoms with E-state index in [1.54, 1.807) is 48.5 Å². The van der Waals surface area contributed by atoms with Crippen molar-refractivity contribution in [3.8, 4) is 11.5 Å². The Labute approximate surface area is 178 Å². The van der Waals surface area contributed by atoms with Crippen LogP contribution < -0.4 is 5.32 Å². The summed E-state index contributed by atoms with van der Waals surface area (Å²) in [4.78, 5) is 13.0. The highest BCUT2D eigenvalue weighted by molar-refractivity contribution is 7.89. The van der Waals surface area contributed by atoms with Gasteiger partial charge in [0.1, 0.15) is 6.04 Å². The molecule has 1 amide bonds. The van der Waals surface area contributed by atoms with E-state index >= 15 is 0 Å². The largest absolute Gasteiger partial charge is 0.403 e. The molecule has 1 atom stereocenters. The van der Waals surface area contributed by atoms with Crippen molar-refractivity contribution in [2.75, 3.05) is 11.9 Å². The third kappa shape index (κ3) is 4.09. The predicted octanol–water partition coefficient (Wildman–Crippen LogP) is 3.49. The van der Waals surface area contributed by atoms with Gasteiger partial charge in [-0.3, -0.25) is 10.1 Å². The number of aryl methyl sites for hydroxylation is 1. The molecule has 4 rings (SSSR count). The van der Waals surface area contributed by atoms with Gasteiger partial charge in [-0.05, 0) is 50.1 Å². The molecular weight excluding hydrogens is 428 g/mol. The second-order valence-electron chi connectivity index (χ2n) is 7.00. The molecule has 2 heterocycles. The Morgan fingerprint density at radius 3 is 2.70 bits per heavy atom. The third-order valence-corrected chi connectivity index (χ3v) is 7.02. The fraction of sp³-hybridized carbons (Fsp3) is 0.250. The molecule has 1 saturated heterocycles. The molecule has 30 heavy (non-hydrogen) atoms. The summed E-state index contributed by atoms with van der Waals surface area (Å²) in [7, 11) is -3.79. The molecule has 0 spiro atoms. The average molecular weight is 447 g/mol. The number of carbonyl (C=O) groups excluding carboxylic acids is 1. The van der Waals surface area contributed by atoms with E-state index in [1.807, 2.05) is 6.92 Å². The van der Waals surface area contributed by atoms with Gasteiger partial charge in [0, 0.05) is 17.1 Å². The van der Waals surface area contributed by atoms with E-state index in [9.17, 15) is 13.2 Å². The molecule has 1 fully saturated rings. The number of aromatic nitrogens is 2. The van der Waals surface area contributed by atoms with Crippen molar-refractivity contribution in [2.45, 2.75) is 30.7 Å². The monoisotopic (exact) mass is 446 g/mol. The van der Waals surface area contributed by atoms with Crippen LogP contribution in [0.25, 0.3) is 11.5 Å². The maximum Gasteiger partial charge on any atom is 0.322 e. The summed E-state index contributed by atoms with van der Waals surface area (Å²) in [6.07, 6.45) is 0.993. The van der Waals surface area contributed by atoms with Crippen LogP contribution in [0, 0.1) is 6.92 Å². The molecule has 0 bridgehead atoms. The summed E-state index contributed by atoms with van der Waals surface area (Å²) in [5, 5.41) is 10.8. The Bertz CT molecular complexity index is 1180. The molecule has 0 saturated carbocycles. The predicted molar refractivity (Wildman–Crippen MR) is 111 cm³/mol. The van der Waals surface area contributed by atoms with Crippen molar-refractivity contribution in [3.05, 3.63) is 59.1 Å². The first-order chi connectivity index (χ1) is 14.3. The highest BCUT2D eigenvalue weighted by atomic mass is 35.5. The summed E-state index contributed by atoms with van der Waals surface area (Å²) in [5.74, 6) is -0.312. The first kappa shape index (κ1) is 20.5. The Hall–Kier alpha value is -2.75. The van der Waals surface area contributed by atoms with Crippen LogP contribution in [0.3, 0.4) is 0 Å². The zero-order chi connectivity index (χ0) is 21.3. The van der Waals surface area contributed by atoms with Gasteiger partial charge in [0.05, 0.1) is 4.90 Å². The van der Waals surface area contributed by atoms with Crippen LogP contribution in [0.5, 0.6) is 0 Å². The summed E-state index contributed by atoms with van der Waals surface area (Å²) in [6, 6.07) is 12.5. The summed E-state index contributed by atoms with van der Waals surface area (Å²) >= 11 is 5.97. The van der Waals surface area contributed by atoms with Crippen LogP contribution in [0.2, 0.25) is 5.02 Å².